The minimum Gasteiger partial charge on any atom is -0.353 e. The molecule has 1 aliphatic carbocycles. The highest BCUT2D eigenvalue weighted by Gasteiger charge is 2.45. The van der Waals surface area contributed by atoms with Crippen LogP contribution in [0.5, 0.6) is 0 Å². The summed E-state index contributed by atoms with van der Waals surface area (Å²) in [6.07, 6.45) is 5.36. The van der Waals surface area contributed by atoms with E-state index in [-0.39, 0.29) is 34.8 Å². The van der Waals surface area contributed by atoms with Gasteiger partial charge in [0.15, 0.2) is 9.84 Å². The Bertz CT molecular complexity index is 813. The van der Waals surface area contributed by atoms with Crippen molar-refractivity contribution in [2.75, 3.05) is 31.1 Å². The van der Waals surface area contributed by atoms with Gasteiger partial charge < -0.3 is 10.2 Å². The van der Waals surface area contributed by atoms with Crippen molar-refractivity contribution in [3.8, 4) is 0 Å². The third-order valence-corrected chi connectivity index (χ3v) is 8.68. The molecule has 1 amide bonds. The highest BCUT2D eigenvalue weighted by molar-refractivity contribution is 7.91. The summed E-state index contributed by atoms with van der Waals surface area (Å²) < 4.78 is 23.1. The number of hydrogen-bond acceptors (Lipinski definition) is 4. The molecule has 1 saturated carbocycles. The van der Waals surface area contributed by atoms with Crippen molar-refractivity contribution >= 4 is 27.3 Å². The van der Waals surface area contributed by atoms with Crippen molar-refractivity contribution < 1.29 is 13.2 Å². The molecular weight excluding hydrogens is 396 g/mol. The Morgan fingerprint density at radius 1 is 1.14 bits per heavy atom. The van der Waals surface area contributed by atoms with E-state index in [1.807, 2.05) is 12.1 Å². The predicted octanol–water partition coefficient (Wildman–Crippen LogP) is 2.78. The molecule has 0 spiro atoms. The Kier molecular flexibility index (Phi) is 5.73. The zero-order valence-corrected chi connectivity index (χ0v) is 17.8. The van der Waals surface area contributed by atoms with Gasteiger partial charge in [0.1, 0.15) is 0 Å². The van der Waals surface area contributed by atoms with E-state index in [2.05, 4.69) is 22.3 Å². The normalized spacial score (nSPS) is 26.8. The number of piperidine rings is 1. The van der Waals surface area contributed by atoms with E-state index >= 15 is 0 Å². The first kappa shape index (κ1) is 20.2. The van der Waals surface area contributed by atoms with E-state index in [1.54, 1.807) is 0 Å². The maximum Gasteiger partial charge on any atom is 0.220 e. The van der Waals surface area contributed by atoms with Gasteiger partial charge in [-0.15, -0.1) is 0 Å². The highest BCUT2D eigenvalue weighted by atomic mass is 35.5. The number of carbonyl (C=O) groups is 1. The van der Waals surface area contributed by atoms with Crippen LogP contribution in [-0.2, 0) is 20.0 Å². The second-order valence-corrected chi connectivity index (χ2v) is 11.5. The molecule has 0 radical (unpaired) electrons. The van der Waals surface area contributed by atoms with Crippen LogP contribution in [0.1, 0.15) is 44.1 Å². The van der Waals surface area contributed by atoms with Crippen molar-refractivity contribution in [1.82, 2.24) is 10.2 Å². The molecule has 1 N–H and O–H groups in total. The van der Waals surface area contributed by atoms with Gasteiger partial charge in [-0.3, -0.25) is 4.79 Å². The summed E-state index contributed by atoms with van der Waals surface area (Å²) in [6.45, 7) is 3.07. The van der Waals surface area contributed by atoms with Crippen LogP contribution in [0.15, 0.2) is 24.3 Å². The molecule has 3 fully saturated rings. The third-order valence-electron chi connectivity index (χ3n) is 6.59. The summed E-state index contributed by atoms with van der Waals surface area (Å²) in [5.74, 6) is 0.421. The molecule has 1 atom stereocenters. The van der Waals surface area contributed by atoms with Crippen molar-refractivity contribution in [2.24, 2.45) is 5.92 Å². The minimum absolute atomic E-state index is 0.000750. The smallest absolute Gasteiger partial charge is 0.220 e. The molecule has 1 aromatic carbocycles. The summed E-state index contributed by atoms with van der Waals surface area (Å²) >= 11 is 6.02. The number of nitrogens with one attached hydrogen (secondary N) is 1. The van der Waals surface area contributed by atoms with E-state index in [4.69, 9.17) is 11.6 Å². The minimum atomic E-state index is -2.91. The van der Waals surface area contributed by atoms with Crippen LogP contribution in [0.3, 0.4) is 0 Å². The van der Waals surface area contributed by atoms with Crippen molar-refractivity contribution in [3.63, 3.8) is 0 Å². The number of amides is 1. The van der Waals surface area contributed by atoms with Gasteiger partial charge in [0.25, 0.3) is 0 Å². The van der Waals surface area contributed by atoms with Crippen LogP contribution >= 0.6 is 11.6 Å². The first-order valence-corrected chi connectivity index (χ1v) is 12.5. The maximum absolute atomic E-state index is 12.3. The lowest BCUT2D eigenvalue weighted by atomic mass is 9.94. The van der Waals surface area contributed by atoms with Gasteiger partial charge in [0, 0.05) is 42.5 Å². The molecule has 0 aromatic heterocycles. The van der Waals surface area contributed by atoms with Crippen LogP contribution in [0.2, 0.25) is 5.02 Å². The first-order valence-electron chi connectivity index (χ1n) is 10.3. The Balaban J connectivity index is 1.22. The fourth-order valence-electron chi connectivity index (χ4n) is 4.74. The first-order chi connectivity index (χ1) is 13.3. The number of likely N-dealkylation sites (tertiary alicyclic amines) is 1. The molecule has 154 valence electrons. The molecule has 7 heteroatoms. The SMILES string of the molecule is O=C(CC1CCS(=O)(=O)C1)NC1CCN(CC2(c3ccc(Cl)cc3)CC2)CC1. The predicted molar refractivity (Wildman–Crippen MR) is 111 cm³/mol. The molecule has 0 bridgehead atoms. The topological polar surface area (TPSA) is 66.5 Å². The molecule has 4 rings (SSSR count). The van der Waals surface area contributed by atoms with Gasteiger partial charge in [-0.05, 0) is 55.7 Å². The molecular formula is C21H29ClN2O3S. The Hall–Kier alpha value is -1.11. The van der Waals surface area contributed by atoms with Crippen LogP contribution in [-0.4, -0.2) is 56.4 Å². The van der Waals surface area contributed by atoms with Gasteiger partial charge in [-0.25, -0.2) is 8.42 Å². The number of sulfone groups is 1. The van der Waals surface area contributed by atoms with Gasteiger partial charge in [0.05, 0.1) is 11.5 Å². The molecule has 5 nitrogen and oxygen atoms in total. The average Bonchev–Trinajstić information content (AvgIpc) is 3.34. The molecule has 2 saturated heterocycles. The Labute approximate surface area is 172 Å². The monoisotopic (exact) mass is 424 g/mol. The second kappa shape index (κ2) is 7.96. The van der Waals surface area contributed by atoms with Crippen LogP contribution in [0.4, 0.5) is 0 Å². The van der Waals surface area contributed by atoms with Crippen LogP contribution in [0, 0.1) is 5.92 Å². The van der Waals surface area contributed by atoms with Crippen molar-refractivity contribution in [1.29, 1.82) is 0 Å². The number of benzene rings is 1. The lowest BCUT2D eigenvalue weighted by Crippen LogP contribution is -2.46. The van der Waals surface area contributed by atoms with Crippen molar-refractivity contribution in [3.05, 3.63) is 34.9 Å². The number of hydrogen-bond donors (Lipinski definition) is 1. The molecule has 28 heavy (non-hydrogen) atoms. The standard InChI is InChI=1S/C21H29ClN2O3S/c22-18-3-1-17(2-4-18)21(8-9-21)15-24-10-5-19(6-11-24)23-20(25)13-16-7-12-28(26,27)14-16/h1-4,16,19H,5-15H2,(H,23,25). The maximum atomic E-state index is 12.3. The zero-order chi connectivity index (χ0) is 19.8. The highest BCUT2D eigenvalue weighted by Crippen LogP contribution is 2.49. The number of nitrogens with zero attached hydrogens (tertiary/aromatic N) is 1. The van der Waals surface area contributed by atoms with E-state index in [1.165, 1.54) is 18.4 Å². The molecule has 2 heterocycles. The van der Waals surface area contributed by atoms with E-state index < -0.39 is 9.84 Å². The lowest BCUT2D eigenvalue weighted by Gasteiger charge is -2.35. The fraction of sp³-hybridized carbons (Fsp3) is 0.667. The molecule has 1 aromatic rings. The van der Waals surface area contributed by atoms with Gasteiger partial charge in [-0.2, -0.15) is 0 Å². The summed E-state index contributed by atoms with van der Waals surface area (Å²) in [6, 6.07) is 8.49. The number of halogens is 1. The third kappa shape index (κ3) is 4.89. The molecule has 2 aliphatic heterocycles. The van der Waals surface area contributed by atoms with Gasteiger partial charge in [0.2, 0.25) is 5.91 Å². The number of rotatable bonds is 6. The quantitative estimate of drug-likeness (QED) is 0.762. The summed E-state index contributed by atoms with van der Waals surface area (Å²) in [4.78, 5) is 14.8. The molecule has 3 aliphatic rings. The van der Waals surface area contributed by atoms with E-state index in [0.29, 0.717) is 12.8 Å². The fourth-order valence-corrected chi connectivity index (χ4v) is 6.73. The van der Waals surface area contributed by atoms with Crippen LogP contribution < -0.4 is 5.32 Å². The van der Waals surface area contributed by atoms with Crippen LogP contribution in [0.25, 0.3) is 0 Å². The van der Waals surface area contributed by atoms with E-state index in [9.17, 15) is 13.2 Å². The Morgan fingerprint density at radius 3 is 2.39 bits per heavy atom. The molecule has 1 unspecified atom stereocenters. The van der Waals surface area contributed by atoms with Gasteiger partial charge in [-0.1, -0.05) is 23.7 Å². The van der Waals surface area contributed by atoms with Gasteiger partial charge >= 0.3 is 0 Å². The van der Waals surface area contributed by atoms with Crippen molar-refractivity contribution in [2.45, 2.75) is 50.0 Å². The Morgan fingerprint density at radius 2 is 1.82 bits per heavy atom. The zero-order valence-electron chi connectivity index (χ0n) is 16.2. The average molecular weight is 425 g/mol. The van der Waals surface area contributed by atoms with E-state index in [0.717, 1.165) is 37.5 Å². The largest absolute Gasteiger partial charge is 0.353 e. The summed E-state index contributed by atoms with van der Waals surface area (Å²) in [7, 11) is -2.91. The number of carbonyl (C=O) groups excluding carboxylic acids is 1. The summed E-state index contributed by atoms with van der Waals surface area (Å²) in [5, 5.41) is 3.92. The second-order valence-electron chi connectivity index (χ2n) is 8.88. The summed E-state index contributed by atoms with van der Waals surface area (Å²) in [5.41, 5.74) is 1.67. The lowest BCUT2D eigenvalue weighted by molar-refractivity contribution is -0.122.